The molecule has 18 heavy (non-hydrogen) atoms. The van der Waals surface area contributed by atoms with Crippen LogP contribution in [0.5, 0.6) is 0 Å². The molecule has 104 valence electrons. The highest BCUT2D eigenvalue weighted by atomic mass is 16.2. The van der Waals surface area contributed by atoms with Crippen molar-refractivity contribution < 1.29 is 4.79 Å². The third kappa shape index (κ3) is 6.27. The largest absolute Gasteiger partial charge is 0.357 e. The van der Waals surface area contributed by atoms with Gasteiger partial charge in [-0.25, -0.2) is 0 Å². The molecule has 0 atom stereocenters. The van der Waals surface area contributed by atoms with E-state index in [1.165, 1.54) is 0 Å². The molecule has 0 aromatic heterocycles. The predicted molar refractivity (Wildman–Crippen MR) is 76.6 cm³/mol. The number of carbonyl (C=O) groups excluding carboxylic acids is 1. The lowest BCUT2D eigenvalue weighted by atomic mass is 9.92. The monoisotopic (exact) mass is 254 g/mol. The molecule has 0 fully saturated rings. The quantitative estimate of drug-likeness (QED) is 0.359. The third-order valence-corrected chi connectivity index (χ3v) is 2.34. The van der Waals surface area contributed by atoms with Gasteiger partial charge in [-0.05, 0) is 27.7 Å². The van der Waals surface area contributed by atoms with E-state index in [9.17, 15) is 4.79 Å². The number of nitrogens with zero attached hydrogens (tertiary/aromatic N) is 1. The summed E-state index contributed by atoms with van der Waals surface area (Å²) in [5.41, 5.74) is -0.507. The Bertz CT molecular complexity index is 297. The molecule has 0 aromatic rings. The zero-order chi connectivity index (χ0) is 14.0. The van der Waals surface area contributed by atoms with E-state index in [2.05, 4.69) is 27.5 Å². The van der Waals surface area contributed by atoms with Crippen LogP contribution in [0.4, 0.5) is 0 Å². The highest BCUT2D eigenvalue weighted by Crippen LogP contribution is 2.15. The van der Waals surface area contributed by atoms with Crippen LogP contribution in [0.15, 0.2) is 17.6 Å². The molecule has 0 radical (unpaired) electrons. The van der Waals surface area contributed by atoms with Gasteiger partial charge in [-0.3, -0.25) is 9.79 Å². The van der Waals surface area contributed by atoms with E-state index >= 15 is 0 Å². The van der Waals surface area contributed by atoms with E-state index < -0.39 is 5.41 Å². The Morgan fingerprint density at radius 1 is 1.22 bits per heavy atom. The first-order chi connectivity index (χ1) is 8.47. The summed E-state index contributed by atoms with van der Waals surface area (Å²) >= 11 is 0. The van der Waals surface area contributed by atoms with Crippen molar-refractivity contribution in [2.75, 3.05) is 26.2 Å². The highest BCUT2D eigenvalue weighted by Gasteiger charge is 2.26. The van der Waals surface area contributed by atoms with Crippen molar-refractivity contribution >= 4 is 11.9 Å². The van der Waals surface area contributed by atoms with Gasteiger partial charge in [-0.15, -0.1) is 6.58 Å². The van der Waals surface area contributed by atoms with E-state index in [0.29, 0.717) is 25.6 Å². The van der Waals surface area contributed by atoms with Gasteiger partial charge in [-0.2, -0.15) is 0 Å². The molecule has 0 heterocycles. The minimum absolute atomic E-state index is 0.0216. The van der Waals surface area contributed by atoms with Gasteiger partial charge in [-0.1, -0.05) is 6.08 Å². The minimum atomic E-state index is -0.507. The van der Waals surface area contributed by atoms with Crippen LogP contribution in [0.1, 0.15) is 27.7 Å². The average molecular weight is 254 g/mol. The summed E-state index contributed by atoms with van der Waals surface area (Å²) in [7, 11) is 0. The number of hydrogen-bond acceptors (Lipinski definition) is 2. The molecule has 1 amide bonds. The number of aliphatic imine (C=N–C) groups is 1. The molecule has 0 saturated heterocycles. The van der Waals surface area contributed by atoms with Crippen molar-refractivity contribution in [3.05, 3.63) is 12.7 Å². The molecule has 5 heteroatoms. The van der Waals surface area contributed by atoms with Crippen molar-refractivity contribution in [3.8, 4) is 0 Å². The average Bonchev–Trinajstić information content (AvgIpc) is 2.33. The number of nitrogens with one attached hydrogen (secondary N) is 3. The molecule has 3 N–H and O–H groups in total. The lowest BCUT2D eigenvalue weighted by Crippen LogP contribution is -2.41. The Morgan fingerprint density at radius 2 is 1.83 bits per heavy atom. The van der Waals surface area contributed by atoms with Crippen LogP contribution in [0, 0.1) is 5.41 Å². The molecule has 0 saturated carbocycles. The fourth-order valence-electron chi connectivity index (χ4n) is 1.26. The van der Waals surface area contributed by atoms with Crippen molar-refractivity contribution in [2.45, 2.75) is 27.7 Å². The summed E-state index contributed by atoms with van der Waals surface area (Å²) in [6, 6.07) is 0. The van der Waals surface area contributed by atoms with Crippen LogP contribution in [0.2, 0.25) is 0 Å². The molecule has 0 unspecified atom stereocenters. The van der Waals surface area contributed by atoms with Crippen molar-refractivity contribution in [1.82, 2.24) is 16.0 Å². The number of guanidine groups is 1. The van der Waals surface area contributed by atoms with E-state index in [1.807, 2.05) is 27.7 Å². The van der Waals surface area contributed by atoms with E-state index in [0.717, 1.165) is 6.54 Å². The van der Waals surface area contributed by atoms with Crippen LogP contribution in [-0.4, -0.2) is 38.0 Å². The van der Waals surface area contributed by atoms with Crippen molar-refractivity contribution in [3.63, 3.8) is 0 Å². The molecule has 0 aliphatic rings. The molecule has 0 aliphatic carbocycles. The Kier molecular flexibility index (Phi) is 7.83. The second-order valence-corrected chi connectivity index (χ2v) is 4.61. The van der Waals surface area contributed by atoms with Gasteiger partial charge >= 0.3 is 0 Å². The molecule has 0 bridgehead atoms. The molecule has 0 aromatic carbocycles. The SMILES string of the molecule is C=CCNC(=NCC(C)(C)C(=O)NCC)NCC. The Morgan fingerprint density at radius 3 is 2.33 bits per heavy atom. The van der Waals surface area contributed by atoms with Crippen LogP contribution >= 0.6 is 0 Å². The minimum Gasteiger partial charge on any atom is -0.357 e. The summed E-state index contributed by atoms with van der Waals surface area (Å²) < 4.78 is 0. The molecule has 0 spiro atoms. The van der Waals surface area contributed by atoms with Crippen LogP contribution in [0.3, 0.4) is 0 Å². The first-order valence-corrected chi connectivity index (χ1v) is 6.39. The van der Waals surface area contributed by atoms with Gasteiger partial charge in [0.05, 0.1) is 12.0 Å². The van der Waals surface area contributed by atoms with E-state index in [4.69, 9.17) is 0 Å². The lowest BCUT2D eigenvalue weighted by molar-refractivity contribution is -0.128. The predicted octanol–water partition coefficient (Wildman–Crippen LogP) is 0.890. The second kappa shape index (κ2) is 8.55. The first-order valence-electron chi connectivity index (χ1n) is 6.39. The maximum Gasteiger partial charge on any atom is 0.227 e. The lowest BCUT2D eigenvalue weighted by Gasteiger charge is -2.21. The molecular formula is C13H26N4O. The molecular weight excluding hydrogens is 228 g/mol. The smallest absolute Gasteiger partial charge is 0.227 e. The Hall–Kier alpha value is -1.52. The summed E-state index contributed by atoms with van der Waals surface area (Å²) in [6.45, 7) is 13.8. The zero-order valence-electron chi connectivity index (χ0n) is 12.0. The van der Waals surface area contributed by atoms with Gasteiger partial charge in [0.25, 0.3) is 0 Å². The van der Waals surface area contributed by atoms with Crippen LogP contribution in [0.25, 0.3) is 0 Å². The van der Waals surface area contributed by atoms with Gasteiger partial charge in [0.1, 0.15) is 0 Å². The Labute approximate surface area is 110 Å². The van der Waals surface area contributed by atoms with E-state index in [-0.39, 0.29) is 5.91 Å². The first kappa shape index (κ1) is 16.5. The standard InChI is InChI=1S/C13H26N4O/c1-6-9-16-12(15-8-3)17-10-13(4,5)11(18)14-7-2/h6H,1,7-10H2,2-5H3,(H,14,18)(H2,15,16,17). The Balaban J connectivity index is 4.51. The van der Waals surface area contributed by atoms with E-state index in [1.54, 1.807) is 6.08 Å². The maximum absolute atomic E-state index is 11.8. The number of amides is 1. The summed E-state index contributed by atoms with van der Waals surface area (Å²) in [6.07, 6.45) is 1.77. The summed E-state index contributed by atoms with van der Waals surface area (Å²) in [5, 5.41) is 9.04. The fraction of sp³-hybridized carbons (Fsp3) is 0.692. The van der Waals surface area contributed by atoms with Crippen LogP contribution < -0.4 is 16.0 Å². The summed E-state index contributed by atoms with van der Waals surface area (Å²) in [5.74, 6) is 0.725. The normalized spacial score (nSPS) is 11.9. The highest BCUT2D eigenvalue weighted by molar-refractivity contribution is 5.83. The zero-order valence-corrected chi connectivity index (χ0v) is 12.0. The van der Waals surface area contributed by atoms with Gasteiger partial charge < -0.3 is 16.0 Å². The van der Waals surface area contributed by atoms with Gasteiger partial charge in [0, 0.05) is 19.6 Å². The number of carbonyl (C=O) groups is 1. The van der Waals surface area contributed by atoms with Gasteiger partial charge in [0.15, 0.2) is 5.96 Å². The molecule has 0 aliphatic heterocycles. The number of hydrogen-bond donors (Lipinski definition) is 3. The van der Waals surface area contributed by atoms with Crippen molar-refractivity contribution in [2.24, 2.45) is 10.4 Å². The van der Waals surface area contributed by atoms with Gasteiger partial charge in [0.2, 0.25) is 5.91 Å². The van der Waals surface area contributed by atoms with Crippen LogP contribution in [-0.2, 0) is 4.79 Å². The fourth-order valence-corrected chi connectivity index (χ4v) is 1.26. The summed E-state index contributed by atoms with van der Waals surface area (Å²) in [4.78, 5) is 16.2. The number of rotatable bonds is 7. The molecule has 5 nitrogen and oxygen atoms in total. The topological polar surface area (TPSA) is 65.5 Å². The molecule has 0 rings (SSSR count). The maximum atomic E-state index is 11.8. The van der Waals surface area contributed by atoms with Crippen molar-refractivity contribution in [1.29, 1.82) is 0 Å². The third-order valence-electron chi connectivity index (χ3n) is 2.34. The second-order valence-electron chi connectivity index (χ2n) is 4.61.